The second kappa shape index (κ2) is 5.41. The van der Waals surface area contributed by atoms with Crippen LogP contribution in [-0.4, -0.2) is 41.3 Å². The van der Waals surface area contributed by atoms with Crippen molar-refractivity contribution in [2.75, 3.05) is 26.3 Å². The van der Waals surface area contributed by atoms with Crippen LogP contribution in [0.25, 0.3) is 0 Å². The summed E-state index contributed by atoms with van der Waals surface area (Å²) in [5.41, 5.74) is 0. The van der Waals surface area contributed by atoms with E-state index in [9.17, 15) is 0 Å². The van der Waals surface area contributed by atoms with Crippen LogP contribution in [0.3, 0.4) is 0 Å². The third kappa shape index (κ3) is 3.28. The minimum atomic E-state index is 0.564. The number of rotatable bonds is 4. The van der Waals surface area contributed by atoms with Gasteiger partial charge in [-0.05, 0) is 5.92 Å². The molecule has 0 saturated carbocycles. The van der Waals surface area contributed by atoms with Gasteiger partial charge >= 0.3 is 0 Å². The smallest absolute Gasteiger partial charge is 0.240 e. The summed E-state index contributed by atoms with van der Waals surface area (Å²) in [4.78, 5) is 6.66. The first kappa shape index (κ1) is 11.5. The van der Waals surface area contributed by atoms with Crippen LogP contribution in [0.4, 0.5) is 0 Å². The predicted molar refractivity (Wildman–Crippen MR) is 58.9 cm³/mol. The molecule has 16 heavy (non-hydrogen) atoms. The van der Waals surface area contributed by atoms with Crippen LogP contribution in [0.1, 0.15) is 25.6 Å². The van der Waals surface area contributed by atoms with E-state index < -0.39 is 0 Å². The predicted octanol–water partition coefficient (Wildman–Crippen LogP) is 1.10. The summed E-state index contributed by atoms with van der Waals surface area (Å²) in [6, 6.07) is 0. The Kier molecular flexibility index (Phi) is 3.90. The zero-order valence-corrected chi connectivity index (χ0v) is 9.98. The lowest BCUT2D eigenvalue weighted by Crippen LogP contribution is -2.35. The van der Waals surface area contributed by atoms with Crippen molar-refractivity contribution in [3.05, 3.63) is 11.7 Å². The van der Waals surface area contributed by atoms with Crippen molar-refractivity contribution in [3.8, 4) is 0 Å². The topological polar surface area (TPSA) is 51.4 Å². The van der Waals surface area contributed by atoms with Crippen LogP contribution in [0.2, 0.25) is 0 Å². The SMILES string of the molecule is CC(C)Cc1noc(CN2CCOCC2)n1. The first-order valence-corrected chi connectivity index (χ1v) is 5.85. The highest BCUT2D eigenvalue weighted by Gasteiger charge is 2.15. The summed E-state index contributed by atoms with van der Waals surface area (Å²) in [5, 5.41) is 3.98. The van der Waals surface area contributed by atoms with E-state index in [4.69, 9.17) is 9.26 Å². The normalized spacial score (nSPS) is 18.2. The molecule has 1 saturated heterocycles. The summed E-state index contributed by atoms with van der Waals surface area (Å²) in [6.45, 7) is 8.54. The van der Waals surface area contributed by atoms with Gasteiger partial charge in [0.1, 0.15) is 0 Å². The Morgan fingerprint density at radius 3 is 2.75 bits per heavy atom. The van der Waals surface area contributed by atoms with E-state index in [0.29, 0.717) is 5.92 Å². The van der Waals surface area contributed by atoms with Crippen molar-refractivity contribution in [3.63, 3.8) is 0 Å². The summed E-state index contributed by atoms with van der Waals surface area (Å²) >= 11 is 0. The Morgan fingerprint density at radius 1 is 1.31 bits per heavy atom. The van der Waals surface area contributed by atoms with Gasteiger partial charge in [0.2, 0.25) is 5.89 Å². The van der Waals surface area contributed by atoms with Crippen LogP contribution < -0.4 is 0 Å². The van der Waals surface area contributed by atoms with E-state index in [1.54, 1.807) is 0 Å². The third-order valence-electron chi connectivity index (χ3n) is 2.56. The van der Waals surface area contributed by atoms with Gasteiger partial charge in [0.05, 0.1) is 19.8 Å². The number of hydrogen-bond donors (Lipinski definition) is 0. The van der Waals surface area contributed by atoms with Crippen molar-refractivity contribution < 1.29 is 9.26 Å². The molecule has 0 N–H and O–H groups in total. The number of hydrogen-bond acceptors (Lipinski definition) is 5. The van der Waals surface area contributed by atoms with Crippen LogP contribution in [0.15, 0.2) is 4.52 Å². The second-order valence-electron chi connectivity index (χ2n) is 4.59. The van der Waals surface area contributed by atoms with Crippen molar-refractivity contribution in [1.29, 1.82) is 0 Å². The summed E-state index contributed by atoms with van der Waals surface area (Å²) in [6.07, 6.45) is 0.882. The standard InChI is InChI=1S/C11H19N3O2/c1-9(2)7-10-12-11(16-13-10)8-14-3-5-15-6-4-14/h9H,3-8H2,1-2H3. The monoisotopic (exact) mass is 225 g/mol. The van der Waals surface area contributed by atoms with Gasteiger partial charge in [0, 0.05) is 19.5 Å². The molecule has 0 spiro atoms. The van der Waals surface area contributed by atoms with Crippen LogP contribution >= 0.6 is 0 Å². The maximum absolute atomic E-state index is 5.29. The molecule has 1 aromatic rings. The zero-order chi connectivity index (χ0) is 11.4. The molecule has 0 atom stereocenters. The minimum Gasteiger partial charge on any atom is -0.379 e. The highest BCUT2D eigenvalue weighted by atomic mass is 16.5. The van der Waals surface area contributed by atoms with Gasteiger partial charge in [-0.15, -0.1) is 0 Å². The molecule has 1 aliphatic rings. The third-order valence-corrected chi connectivity index (χ3v) is 2.56. The first-order chi connectivity index (χ1) is 7.74. The quantitative estimate of drug-likeness (QED) is 0.768. The molecule has 0 aliphatic carbocycles. The van der Waals surface area contributed by atoms with E-state index in [1.807, 2.05) is 0 Å². The Balaban J connectivity index is 1.86. The Bertz CT molecular complexity index is 319. The van der Waals surface area contributed by atoms with Gasteiger partial charge in [-0.2, -0.15) is 4.98 Å². The highest BCUT2D eigenvalue weighted by molar-refractivity contribution is 4.87. The lowest BCUT2D eigenvalue weighted by molar-refractivity contribution is 0.0297. The lowest BCUT2D eigenvalue weighted by atomic mass is 10.1. The highest BCUT2D eigenvalue weighted by Crippen LogP contribution is 2.08. The zero-order valence-electron chi connectivity index (χ0n) is 9.98. The van der Waals surface area contributed by atoms with Gasteiger partial charge < -0.3 is 9.26 Å². The molecule has 1 aromatic heterocycles. The molecule has 90 valence electrons. The fraction of sp³-hybridized carbons (Fsp3) is 0.818. The molecule has 0 radical (unpaired) electrons. The Labute approximate surface area is 95.8 Å². The first-order valence-electron chi connectivity index (χ1n) is 5.85. The molecule has 0 amide bonds. The number of morpholine rings is 1. The lowest BCUT2D eigenvalue weighted by Gasteiger charge is -2.24. The van der Waals surface area contributed by atoms with Crippen LogP contribution in [0, 0.1) is 5.92 Å². The molecule has 5 heteroatoms. The maximum atomic E-state index is 5.29. The van der Waals surface area contributed by atoms with E-state index in [1.165, 1.54) is 0 Å². The van der Waals surface area contributed by atoms with E-state index in [2.05, 4.69) is 28.9 Å². The van der Waals surface area contributed by atoms with Crippen molar-refractivity contribution in [2.45, 2.75) is 26.8 Å². The molecule has 1 fully saturated rings. The minimum absolute atomic E-state index is 0.564. The average molecular weight is 225 g/mol. The molecule has 2 heterocycles. The Hall–Kier alpha value is -0.940. The van der Waals surface area contributed by atoms with Gasteiger partial charge in [-0.1, -0.05) is 19.0 Å². The van der Waals surface area contributed by atoms with Crippen molar-refractivity contribution in [1.82, 2.24) is 15.0 Å². The molecule has 0 bridgehead atoms. The number of nitrogens with zero attached hydrogens (tertiary/aromatic N) is 3. The van der Waals surface area contributed by atoms with E-state index >= 15 is 0 Å². The second-order valence-corrected chi connectivity index (χ2v) is 4.59. The molecule has 5 nitrogen and oxygen atoms in total. The van der Waals surface area contributed by atoms with Gasteiger partial charge in [-0.3, -0.25) is 4.90 Å². The Morgan fingerprint density at radius 2 is 2.06 bits per heavy atom. The fourth-order valence-electron chi connectivity index (χ4n) is 1.75. The molecule has 0 aromatic carbocycles. The summed E-state index contributed by atoms with van der Waals surface area (Å²) < 4.78 is 10.5. The maximum Gasteiger partial charge on any atom is 0.240 e. The average Bonchev–Trinajstić information content (AvgIpc) is 2.66. The van der Waals surface area contributed by atoms with Crippen LogP contribution in [0.5, 0.6) is 0 Å². The number of ether oxygens (including phenoxy) is 1. The van der Waals surface area contributed by atoms with Crippen molar-refractivity contribution >= 4 is 0 Å². The molecular weight excluding hydrogens is 206 g/mol. The fourth-order valence-corrected chi connectivity index (χ4v) is 1.75. The summed E-state index contributed by atoms with van der Waals surface area (Å²) in [7, 11) is 0. The molecule has 2 rings (SSSR count). The molecule has 0 unspecified atom stereocenters. The van der Waals surface area contributed by atoms with Crippen molar-refractivity contribution in [2.24, 2.45) is 5.92 Å². The van der Waals surface area contributed by atoms with E-state index in [0.717, 1.165) is 51.0 Å². The molecule has 1 aliphatic heterocycles. The molecular formula is C11H19N3O2. The van der Waals surface area contributed by atoms with Gasteiger partial charge in [-0.25, -0.2) is 0 Å². The number of aromatic nitrogens is 2. The van der Waals surface area contributed by atoms with Gasteiger partial charge in [0.15, 0.2) is 5.82 Å². The largest absolute Gasteiger partial charge is 0.379 e. The summed E-state index contributed by atoms with van der Waals surface area (Å²) in [5.74, 6) is 2.10. The van der Waals surface area contributed by atoms with E-state index in [-0.39, 0.29) is 0 Å². The van der Waals surface area contributed by atoms with Gasteiger partial charge in [0.25, 0.3) is 0 Å². The van der Waals surface area contributed by atoms with Crippen LogP contribution in [-0.2, 0) is 17.7 Å².